The van der Waals surface area contributed by atoms with Crippen LogP contribution in [0.5, 0.6) is 0 Å². The van der Waals surface area contributed by atoms with Crippen LogP contribution in [0.1, 0.15) is 26.3 Å². The molecule has 0 bridgehead atoms. The second-order valence-electron chi connectivity index (χ2n) is 5.20. The maximum Gasteiger partial charge on any atom is 0.336 e. The van der Waals surface area contributed by atoms with Gasteiger partial charge in [-0.25, -0.2) is 4.79 Å². The van der Waals surface area contributed by atoms with E-state index in [0.717, 1.165) is 10.0 Å². The Morgan fingerprint density at radius 2 is 1.89 bits per heavy atom. The normalized spacial score (nSPS) is 14.7. The van der Waals surface area contributed by atoms with E-state index in [4.69, 9.17) is 5.11 Å². The molecule has 1 aromatic carbocycles. The molecule has 106 valence electrons. The summed E-state index contributed by atoms with van der Waals surface area (Å²) in [5.74, 6) is -1.20. The van der Waals surface area contributed by atoms with E-state index in [2.05, 4.69) is 15.9 Å². The minimum Gasteiger partial charge on any atom is -0.479 e. The molecule has 1 aromatic rings. The maximum atomic E-state index is 11.0. The van der Waals surface area contributed by atoms with Gasteiger partial charge in [-0.05, 0) is 38.5 Å². The predicted molar refractivity (Wildman–Crippen MR) is 77.9 cm³/mol. The molecule has 0 aliphatic carbocycles. The lowest BCUT2D eigenvalue weighted by atomic mass is 10.1. The van der Waals surface area contributed by atoms with Gasteiger partial charge in [0.2, 0.25) is 0 Å². The van der Waals surface area contributed by atoms with Gasteiger partial charge in [0.15, 0.2) is 5.60 Å². The van der Waals surface area contributed by atoms with Crippen molar-refractivity contribution in [2.75, 3.05) is 6.54 Å². The van der Waals surface area contributed by atoms with Crippen molar-refractivity contribution in [3.63, 3.8) is 0 Å². The molecule has 0 aromatic heterocycles. The van der Waals surface area contributed by atoms with Gasteiger partial charge in [-0.3, -0.25) is 4.90 Å². The molecule has 0 saturated carbocycles. The van der Waals surface area contributed by atoms with E-state index in [1.807, 2.05) is 43.0 Å². The topological polar surface area (TPSA) is 60.8 Å². The van der Waals surface area contributed by atoms with Crippen molar-refractivity contribution in [1.82, 2.24) is 4.90 Å². The zero-order valence-electron chi connectivity index (χ0n) is 11.4. The van der Waals surface area contributed by atoms with Crippen molar-refractivity contribution in [2.24, 2.45) is 0 Å². The molecule has 2 N–H and O–H groups in total. The van der Waals surface area contributed by atoms with E-state index in [-0.39, 0.29) is 12.6 Å². The summed E-state index contributed by atoms with van der Waals surface area (Å²) in [6.07, 6.45) is 0. The number of carboxylic acid groups (broad SMARTS) is 1. The highest BCUT2D eigenvalue weighted by atomic mass is 79.9. The van der Waals surface area contributed by atoms with Crippen LogP contribution in [0, 0.1) is 0 Å². The summed E-state index contributed by atoms with van der Waals surface area (Å²) in [6.45, 7) is 5.99. The van der Waals surface area contributed by atoms with E-state index in [0.29, 0.717) is 6.54 Å². The first-order chi connectivity index (χ1) is 8.72. The molecule has 0 fully saturated rings. The Morgan fingerprint density at radius 3 is 2.32 bits per heavy atom. The number of carboxylic acids is 1. The summed E-state index contributed by atoms with van der Waals surface area (Å²) >= 11 is 3.38. The number of aliphatic carboxylic acids is 1. The van der Waals surface area contributed by atoms with E-state index in [1.165, 1.54) is 6.92 Å². The molecule has 19 heavy (non-hydrogen) atoms. The molecule has 1 atom stereocenters. The number of aliphatic hydroxyl groups is 1. The van der Waals surface area contributed by atoms with Gasteiger partial charge in [-0.2, -0.15) is 0 Å². The van der Waals surface area contributed by atoms with Gasteiger partial charge < -0.3 is 10.2 Å². The molecule has 0 amide bonds. The molecule has 5 heteroatoms. The Hall–Kier alpha value is -0.910. The highest BCUT2D eigenvalue weighted by molar-refractivity contribution is 9.10. The average Bonchev–Trinajstić information content (AvgIpc) is 2.30. The van der Waals surface area contributed by atoms with Crippen LogP contribution < -0.4 is 0 Å². The Labute approximate surface area is 122 Å². The van der Waals surface area contributed by atoms with Crippen LogP contribution in [0.3, 0.4) is 0 Å². The van der Waals surface area contributed by atoms with Crippen LogP contribution in [0.4, 0.5) is 0 Å². The quantitative estimate of drug-likeness (QED) is 0.841. The fraction of sp³-hybridized carbons (Fsp3) is 0.500. The minimum absolute atomic E-state index is 0.0933. The van der Waals surface area contributed by atoms with E-state index in [1.54, 1.807) is 0 Å². The van der Waals surface area contributed by atoms with Crippen LogP contribution >= 0.6 is 15.9 Å². The van der Waals surface area contributed by atoms with Crippen molar-refractivity contribution in [2.45, 2.75) is 39.0 Å². The number of hydrogen-bond donors (Lipinski definition) is 2. The third-order valence-corrected chi connectivity index (χ3v) is 3.53. The molecule has 1 unspecified atom stereocenters. The number of halogens is 1. The fourth-order valence-corrected chi connectivity index (χ4v) is 1.97. The fourth-order valence-electron chi connectivity index (χ4n) is 1.71. The highest BCUT2D eigenvalue weighted by Gasteiger charge is 2.33. The first-order valence-corrected chi connectivity index (χ1v) is 6.96. The summed E-state index contributed by atoms with van der Waals surface area (Å²) in [6, 6.07) is 8.01. The van der Waals surface area contributed by atoms with Gasteiger partial charge in [0, 0.05) is 23.6 Å². The number of benzene rings is 1. The molecule has 0 aliphatic heterocycles. The van der Waals surface area contributed by atoms with Crippen LogP contribution in [-0.2, 0) is 11.3 Å². The summed E-state index contributed by atoms with van der Waals surface area (Å²) in [5, 5.41) is 18.9. The van der Waals surface area contributed by atoms with Gasteiger partial charge in [0.05, 0.1) is 0 Å². The first kappa shape index (κ1) is 16.1. The van der Waals surface area contributed by atoms with Crippen LogP contribution in [0.15, 0.2) is 28.7 Å². The SMILES string of the molecule is CC(C)N(Cc1ccc(Br)cc1)CC(C)(O)C(=O)O. The monoisotopic (exact) mass is 329 g/mol. The van der Waals surface area contributed by atoms with Gasteiger partial charge in [0.1, 0.15) is 0 Å². The zero-order valence-corrected chi connectivity index (χ0v) is 13.0. The van der Waals surface area contributed by atoms with E-state index in [9.17, 15) is 9.90 Å². The summed E-state index contributed by atoms with van der Waals surface area (Å²) < 4.78 is 1.00. The smallest absolute Gasteiger partial charge is 0.336 e. The minimum atomic E-state index is -1.74. The molecular weight excluding hydrogens is 310 g/mol. The second-order valence-corrected chi connectivity index (χ2v) is 6.12. The molecular formula is C14H20BrNO3. The van der Waals surface area contributed by atoms with E-state index < -0.39 is 11.6 Å². The van der Waals surface area contributed by atoms with Gasteiger partial charge in [-0.15, -0.1) is 0 Å². The summed E-state index contributed by atoms with van der Waals surface area (Å²) in [5.41, 5.74) is -0.655. The standard InChI is InChI=1S/C14H20BrNO3/c1-10(2)16(9-14(3,19)13(17)18)8-11-4-6-12(15)7-5-11/h4-7,10,19H,8-9H2,1-3H3,(H,17,18). The maximum absolute atomic E-state index is 11.0. The van der Waals surface area contributed by atoms with Crippen LogP contribution in [0.2, 0.25) is 0 Å². The lowest BCUT2D eigenvalue weighted by molar-refractivity contribution is -0.159. The third-order valence-electron chi connectivity index (χ3n) is 3.00. The van der Waals surface area contributed by atoms with Crippen molar-refractivity contribution in [3.8, 4) is 0 Å². The third kappa shape index (κ3) is 4.93. The number of hydrogen-bond acceptors (Lipinski definition) is 3. The van der Waals surface area contributed by atoms with Crippen LogP contribution in [0.25, 0.3) is 0 Å². The number of rotatable bonds is 6. The van der Waals surface area contributed by atoms with Gasteiger partial charge >= 0.3 is 5.97 Å². The Bertz CT molecular complexity index is 429. The van der Waals surface area contributed by atoms with Crippen LogP contribution in [-0.4, -0.2) is 39.3 Å². The van der Waals surface area contributed by atoms with E-state index >= 15 is 0 Å². The predicted octanol–water partition coefficient (Wildman–Crippen LogP) is 2.50. The van der Waals surface area contributed by atoms with Gasteiger partial charge in [0.25, 0.3) is 0 Å². The molecule has 0 saturated heterocycles. The first-order valence-electron chi connectivity index (χ1n) is 6.16. The summed E-state index contributed by atoms with van der Waals surface area (Å²) in [7, 11) is 0. The zero-order chi connectivity index (χ0) is 14.6. The van der Waals surface area contributed by atoms with Crippen molar-refractivity contribution in [3.05, 3.63) is 34.3 Å². The molecule has 0 heterocycles. The lowest BCUT2D eigenvalue weighted by Gasteiger charge is -2.31. The molecule has 0 aliphatic rings. The Balaban J connectivity index is 2.79. The van der Waals surface area contributed by atoms with Crippen molar-refractivity contribution < 1.29 is 15.0 Å². The second kappa shape index (κ2) is 6.50. The van der Waals surface area contributed by atoms with Crippen molar-refractivity contribution >= 4 is 21.9 Å². The molecule has 0 radical (unpaired) electrons. The molecule has 1 rings (SSSR count). The number of nitrogens with zero attached hydrogens (tertiary/aromatic N) is 1. The van der Waals surface area contributed by atoms with Crippen molar-refractivity contribution in [1.29, 1.82) is 0 Å². The summed E-state index contributed by atoms with van der Waals surface area (Å²) in [4.78, 5) is 12.9. The molecule has 4 nitrogen and oxygen atoms in total. The lowest BCUT2D eigenvalue weighted by Crippen LogP contribution is -2.48. The Kier molecular flexibility index (Phi) is 5.52. The van der Waals surface area contributed by atoms with Gasteiger partial charge in [-0.1, -0.05) is 28.1 Å². The number of carbonyl (C=O) groups is 1. The largest absolute Gasteiger partial charge is 0.479 e. The highest BCUT2D eigenvalue weighted by Crippen LogP contribution is 2.16. The Morgan fingerprint density at radius 1 is 1.37 bits per heavy atom. The molecule has 0 spiro atoms. The average molecular weight is 330 g/mol.